The smallest absolute Gasteiger partial charge is 0.194 e. The molecule has 0 aromatic heterocycles. The number of hydrogen-bond acceptors (Lipinski definition) is 3. The second kappa shape index (κ2) is 4.41. The van der Waals surface area contributed by atoms with Gasteiger partial charge in [0.2, 0.25) is 0 Å². The summed E-state index contributed by atoms with van der Waals surface area (Å²) in [6.45, 7) is 1.90. The predicted molar refractivity (Wildman–Crippen MR) is 84.2 cm³/mol. The first-order chi connectivity index (χ1) is 10.6. The van der Waals surface area contributed by atoms with Crippen molar-refractivity contribution in [2.45, 2.75) is 13.3 Å². The molecule has 0 bridgehead atoms. The van der Waals surface area contributed by atoms with Crippen LogP contribution in [0.5, 0.6) is 5.75 Å². The molecular formula is C19H14O3. The molecule has 0 spiro atoms. The Bertz CT molecular complexity index is 916. The van der Waals surface area contributed by atoms with Crippen LogP contribution in [0.2, 0.25) is 0 Å². The van der Waals surface area contributed by atoms with Crippen LogP contribution >= 0.6 is 0 Å². The zero-order chi connectivity index (χ0) is 15.4. The Kier molecular flexibility index (Phi) is 2.61. The second-order valence-corrected chi connectivity index (χ2v) is 5.84. The standard InChI is InChI=1S/C19H14O3/c1-10-5-4-8-13-15(10)19(22)16-14(17(13)20)9-11-6-2-3-7-12(11)18(16)21/h2-7,9-10,21H,8H2,1H3. The van der Waals surface area contributed by atoms with Gasteiger partial charge in [-0.1, -0.05) is 43.3 Å². The fourth-order valence-corrected chi connectivity index (χ4v) is 3.46. The largest absolute Gasteiger partial charge is 0.507 e. The van der Waals surface area contributed by atoms with E-state index in [2.05, 4.69) is 0 Å². The molecule has 0 aliphatic heterocycles. The van der Waals surface area contributed by atoms with Gasteiger partial charge in [-0.05, 0) is 17.9 Å². The van der Waals surface area contributed by atoms with Crippen LogP contribution in [0.15, 0.2) is 53.6 Å². The van der Waals surface area contributed by atoms with Gasteiger partial charge in [-0.2, -0.15) is 0 Å². The zero-order valence-corrected chi connectivity index (χ0v) is 12.1. The van der Waals surface area contributed by atoms with Gasteiger partial charge in [-0.3, -0.25) is 9.59 Å². The summed E-state index contributed by atoms with van der Waals surface area (Å²) in [6.07, 6.45) is 4.35. The van der Waals surface area contributed by atoms with Gasteiger partial charge in [-0.25, -0.2) is 0 Å². The molecule has 0 heterocycles. The summed E-state index contributed by atoms with van der Waals surface area (Å²) in [5, 5.41) is 11.9. The SMILES string of the molecule is CC1C=CCC2=C1C(=O)c1c(cc3ccccc3c1O)C2=O. The lowest BCUT2D eigenvalue weighted by molar-refractivity contribution is 0.0963. The predicted octanol–water partition coefficient (Wildman–Crippen LogP) is 3.82. The Hall–Kier alpha value is -2.68. The Labute approximate surface area is 127 Å². The molecule has 0 saturated heterocycles. The molecule has 3 heteroatoms. The number of allylic oxidation sites excluding steroid dienone is 4. The van der Waals surface area contributed by atoms with E-state index in [1.54, 1.807) is 18.2 Å². The van der Waals surface area contributed by atoms with Crippen molar-refractivity contribution in [1.29, 1.82) is 0 Å². The Morgan fingerprint density at radius 1 is 1.14 bits per heavy atom. The molecular weight excluding hydrogens is 276 g/mol. The van der Waals surface area contributed by atoms with Gasteiger partial charge in [0.05, 0.1) is 5.56 Å². The molecule has 22 heavy (non-hydrogen) atoms. The minimum atomic E-state index is -0.218. The summed E-state index contributed by atoms with van der Waals surface area (Å²) in [4.78, 5) is 25.7. The number of ketones is 2. The highest BCUT2D eigenvalue weighted by atomic mass is 16.3. The summed E-state index contributed by atoms with van der Waals surface area (Å²) < 4.78 is 0. The highest BCUT2D eigenvalue weighted by Crippen LogP contribution is 2.41. The number of phenols is 1. The Balaban J connectivity index is 2.06. The summed E-state index contributed by atoms with van der Waals surface area (Å²) in [5.41, 5.74) is 1.58. The summed E-state index contributed by atoms with van der Waals surface area (Å²) >= 11 is 0. The molecule has 2 aromatic rings. The lowest BCUT2D eigenvalue weighted by Gasteiger charge is -2.26. The highest BCUT2D eigenvalue weighted by Gasteiger charge is 2.37. The van der Waals surface area contributed by atoms with Crippen molar-refractivity contribution >= 4 is 22.3 Å². The molecule has 1 atom stereocenters. The van der Waals surface area contributed by atoms with Crippen molar-refractivity contribution in [2.75, 3.05) is 0 Å². The van der Waals surface area contributed by atoms with E-state index in [1.165, 1.54) is 0 Å². The molecule has 0 radical (unpaired) electrons. The zero-order valence-electron chi connectivity index (χ0n) is 12.1. The van der Waals surface area contributed by atoms with Gasteiger partial charge in [0.15, 0.2) is 11.6 Å². The topological polar surface area (TPSA) is 54.4 Å². The van der Waals surface area contributed by atoms with Crippen LogP contribution in [-0.4, -0.2) is 16.7 Å². The third-order valence-electron chi connectivity index (χ3n) is 4.54. The number of aromatic hydroxyl groups is 1. The van der Waals surface area contributed by atoms with Gasteiger partial charge in [-0.15, -0.1) is 0 Å². The van der Waals surface area contributed by atoms with Crippen molar-refractivity contribution in [3.05, 3.63) is 64.8 Å². The summed E-state index contributed by atoms with van der Waals surface area (Å²) in [7, 11) is 0. The number of carbonyl (C=O) groups excluding carboxylic acids is 2. The van der Waals surface area contributed by atoms with Crippen molar-refractivity contribution in [3.8, 4) is 5.75 Å². The highest BCUT2D eigenvalue weighted by molar-refractivity contribution is 6.30. The van der Waals surface area contributed by atoms with E-state index >= 15 is 0 Å². The van der Waals surface area contributed by atoms with Crippen LogP contribution in [0.3, 0.4) is 0 Å². The molecule has 2 aliphatic carbocycles. The molecule has 1 N–H and O–H groups in total. The average Bonchev–Trinajstić information content (AvgIpc) is 2.52. The molecule has 108 valence electrons. The first-order valence-corrected chi connectivity index (χ1v) is 7.33. The lowest BCUT2D eigenvalue weighted by atomic mass is 9.75. The van der Waals surface area contributed by atoms with E-state index in [0.29, 0.717) is 28.5 Å². The van der Waals surface area contributed by atoms with Crippen LogP contribution < -0.4 is 0 Å². The summed E-state index contributed by atoms with van der Waals surface area (Å²) in [6, 6.07) is 8.97. The molecule has 3 nitrogen and oxygen atoms in total. The first-order valence-electron chi connectivity index (χ1n) is 7.33. The number of rotatable bonds is 0. The van der Waals surface area contributed by atoms with Crippen molar-refractivity contribution in [2.24, 2.45) is 5.92 Å². The van der Waals surface area contributed by atoms with Crippen molar-refractivity contribution < 1.29 is 14.7 Å². The average molecular weight is 290 g/mol. The number of Topliss-reactive ketones (excluding diaryl/α,β-unsaturated/α-hetero) is 2. The number of carbonyl (C=O) groups is 2. The molecule has 2 aromatic carbocycles. The van der Waals surface area contributed by atoms with E-state index in [4.69, 9.17) is 0 Å². The number of hydrogen-bond donors (Lipinski definition) is 1. The van der Waals surface area contributed by atoms with Gasteiger partial charge >= 0.3 is 0 Å². The van der Waals surface area contributed by atoms with Crippen molar-refractivity contribution in [3.63, 3.8) is 0 Å². The van der Waals surface area contributed by atoms with Crippen LogP contribution in [0.25, 0.3) is 10.8 Å². The Morgan fingerprint density at radius 2 is 1.91 bits per heavy atom. The summed E-state index contributed by atoms with van der Waals surface area (Å²) in [5.74, 6) is -0.537. The fraction of sp³-hybridized carbons (Fsp3) is 0.158. The molecule has 4 rings (SSSR count). The third kappa shape index (κ3) is 1.56. The van der Waals surface area contributed by atoms with Gasteiger partial charge in [0.25, 0.3) is 0 Å². The van der Waals surface area contributed by atoms with Gasteiger partial charge in [0, 0.05) is 28.0 Å². The second-order valence-electron chi connectivity index (χ2n) is 5.84. The van der Waals surface area contributed by atoms with E-state index in [0.717, 1.165) is 5.39 Å². The molecule has 0 fully saturated rings. The number of fused-ring (bicyclic) bond motifs is 2. The van der Waals surface area contributed by atoms with Crippen LogP contribution in [0, 0.1) is 5.92 Å². The number of phenolic OH excluding ortho intramolecular Hbond substituents is 1. The van der Waals surface area contributed by atoms with Gasteiger partial charge < -0.3 is 5.11 Å². The maximum absolute atomic E-state index is 12.9. The minimum absolute atomic E-state index is 0.0836. The van der Waals surface area contributed by atoms with E-state index < -0.39 is 0 Å². The maximum atomic E-state index is 12.9. The van der Waals surface area contributed by atoms with Crippen LogP contribution in [0.1, 0.15) is 34.1 Å². The van der Waals surface area contributed by atoms with Crippen LogP contribution in [-0.2, 0) is 0 Å². The number of benzene rings is 2. The quantitative estimate of drug-likeness (QED) is 0.750. The first kappa shape index (κ1) is 13.0. The van der Waals surface area contributed by atoms with Crippen LogP contribution in [0.4, 0.5) is 0 Å². The van der Waals surface area contributed by atoms with E-state index in [1.807, 2.05) is 31.2 Å². The molecule has 2 aliphatic rings. The van der Waals surface area contributed by atoms with Gasteiger partial charge in [0.1, 0.15) is 5.75 Å². The molecule has 0 saturated carbocycles. The molecule has 1 unspecified atom stereocenters. The fourth-order valence-electron chi connectivity index (χ4n) is 3.46. The normalized spacial score (nSPS) is 20.3. The minimum Gasteiger partial charge on any atom is -0.507 e. The molecule has 0 amide bonds. The Morgan fingerprint density at radius 3 is 2.73 bits per heavy atom. The maximum Gasteiger partial charge on any atom is 0.194 e. The van der Waals surface area contributed by atoms with E-state index in [-0.39, 0.29) is 28.8 Å². The lowest BCUT2D eigenvalue weighted by Crippen LogP contribution is -2.26. The monoisotopic (exact) mass is 290 g/mol. The third-order valence-corrected chi connectivity index (χ3v) is 4.54. The van der Waals surface area contributed by atoms with Crippen molar-refractivity contribution in [1.82, 2.24) is 0 Å². The van der Waals surface area contributed by atoms with E-state index in [9.17, 15) is 14.7 Å².